The van der Waals surface area contributed by atoms with Crippen LogP contribution in [0.1, 0.15) is 0 Å². The Labute approximate surface area is 73.4 Å². The molecular weight excluding hydrogens is 151 g/mol. The lowest BCUT2D eigenvalue weighted by molar-refractivity contribution is 0.628. The number of halogens is 1. The number of hydrogen-bond donors (Lipinski definition) is 0. The second-order valence-electron chi connectivity index (χ2n) is 1.55. The van der Waals surface area contributed by atoms with Crippen LogP contribution in [0, 0.1) is 5.82 Å². The minimum Gasteiger partial charge on any atom is -0.207 e. The molecule has 0 aliphatic carbocycles. The fourth-order valence-electron chi connectivity index (χ4n) is 0.415. The minimum absolute atomic E-state index is 0.178. The highest BCUT2D eigenvalue weighted by molar-refractivity contribution is 5.02. The lowest BCUT2D eigenvalue weighted by Crippen LogP contribution is -1.63. The van der Waals surface area contributed by atoms with E-state index < -0.39 is 0 Å². The van der Waals surface area contributed by atoms with Crippen molar-refractivity contribution in [1.82, 2.24) is 0 Å². The molecule has 0 aromatic heterocycles. The first-order valence-corrected chi connectivity index (χ1v) is 3.31. The van der Waals surface area contributed by atoms with E-state index in [1.54, 1.807) is 18.2 Å². The van der Waals surface area contributed by atoms with E-state index in [1.165, 1.54) is 12.1 Å². The number of hydrogen-bond acceptors (Lipinski definition) is 0. The van der Waals surface area contributed by atoms with Gasteiger partial charge in [0, 0.05) is 0 Å². The van der Waals surface area contributed by atoms with Crippen LogP contribution < -0.4 is 0 Å². The van der Waals surface area contributed by atoms with E-state index in [9.17, 15) is 4.39 Å². The molecule has 0 saturated heterocycles. The Kier molecular flexibility index (Phi) is 13.2. The van der Waals surface area contributed by atoms with Crippen LogP contribution in [0.15, 0.2) is 62.4 Å². The van der Waals surface area contributed by atoms with Crippen LogP contribution in [0.3, 0.4) is 0 Å². The van der Waals surface area contributed by atoms with Gasteiger partial charge >= 0.3 is 0 Å². The molecule has 0 heterocycles. The summed E-state index contributed by atoms with van der Waals surface area (Å²) in [6.07, 6.45) is 0. The molecule has 1 rings (SSSR count). The van der Waals surface area contributed by atoms with Gasteiger partial charge in [0.15, 0.2) is 0 Å². The van der Waals surface area contributed by atoms with Gasteiger partial charge in [-0.2, -0.15) is 0 Å². The molecule has 0 fully saturated rings. The first-order valence-electron chi connectivity index (χ1n) is 3.31. The van der Waals surface area contributed by atoms with Crippen LogP contribution in [-0.4, -0.2) is 0 Å². The summed E-state index contributed by atoms with van der Waals surface area (Å²) in [5.41, 5.74) is 2.25. The van der Waals surface area contributed by atoms with E-state index in [0.717, 1.165) is 0 Å². The second kappa shape index (κ2) is 12.1. The quantitative estimate of drug-likeness (QED) is 0.406. The summed E-state index contributed by atoms with van der Waals surface area (Å²) in [6, 6.07) is 7.94. The lowest BCUT2D eigenvalue weighted by atomic mass is 10.4. The van der Waals surface area contributed by atoms with Crippen LogP contribution in [0.25, 0.3) is 0 Å². The van der Waals surface area contributed by atoms with Gasteiger partial charge in [-0.15, -0.1) is 18.9 Å². The predicted octanol–water partition coefficient (Wildman–Crippen LogP) is 3.59. The highest BCUT2D eigenvalue weighted by Gasteiger charge is 1.77. The van der Waals surface area contributed by atoms with E-state index in [0.29, 0.717) is 0 Å². The van der Waals surface area contributed by atoms with E-state index in [2.05, 4.69) is 32.0 Å². The van der Waals surface area contributed by atoms with E-state index >= 15 is 0 Å². The van der Waals surface area contributed by atoms with Gasteiger partial charge in [-0.1, -0.05) is 31.4 Å². The average molecular weight is 164 g/mol. The molecule has 0 aliphatic rings. The monoisotopic (exact) mass is 164 g/mol. The molecule has 0 bridgehead atoms. The van der Waals surface area contributed by atoms with Gasteiger partial charge in [0.05, 0.1) is 0 Å². The van der Waals surface area contributed by atoms with Gasteiger partial charge in [-0.05, 0) is 12.1 Å². The minimum atomic E-state index is -0.178. The van der Waals surface area contributed by atoms with Crippen molar-refractivity contribution < 1.29 is 4.39 Å². The fraction of sp³-hybridized carbons (Fsp3) is 0. The summed E-state index contributed by atoms with van der Waals surface area (Å²) in [4.78, 5) is 0. The molecule has 0 N–H and O–H groups in total. The molecule has 0 atom stereocenters. The molecule has 64 valence electrons. The zero-order valence-electron chi connectivity index (χ0n) is 7.09. The Bertz CT molecular complexity index is 208. The van der Waals surface area contributed by atoms with Crippen molar-refractivity contribution >= 4 is 0 Å². The van der Waals surface area contributed by atoms with Crippen LogP contribution >= 0.6 is 0 Å². The number of benzene rings is 1. The largest absolute Gasteiger partial charge is 0.207 e. The summed E-state index contributed by atoms with van der Waals surface area (Å²) in [5, 5.41) is 0. The van der Waals surface area contributed by atoms with Crippen LogP contribution in [-0.2, 0) is 0 Å². The van der Waals surface area contributed by atoms with Gasteiger partial charge in [-0.25, -0.2) is 4.39 Å². The molecule has 0 spiro atoms. The molecule has 0 unspecified atom stereocenters. The van der Waals surface area contributed by atoms with Crippen LogP contribution in [0.2, 0.25) is 0 Å². The molecule has 1 aromatic rings. The first kappa shape index (κ1) is 13.0. The van der Waals surface area contributed by atoms with E-state index in [-0.39, 0.29) is 5.82 Å². The van der Waals surface area contributed by atoms with Gasteiger partial charge in [-0.3, -0.25) is 0 Å². The maximum atomic E-state index is 11.9. The predicted molar refractivity (Wildman–Crippen MR) is 52.4 cm³/mol. The van der Waals surface area contributed by atoms with Crippen molar-refractivity contribution in [2.24, 2.45) is 0 Å². The Morgan fingerprint density at radius 3 is 1.50 bits per heavy atom. The molecule has 0 amide bonds. The third-order valence-corrected chi connectivity index (χ3v) is 0.733. The highest BCUT2D eigenvalue weighted by Crippen LogP contribution is 1.91. The molecule has 0 aliphatic heterocycles. The maximum Gasteiger partial charge on any atom is 0.123 e. The zero-order chi connectivity index (χ0) is 9.82. The third kappa shape index (κ3) is 11.2. The topological polar surface area (TPSA) is 0 Å². The Balaban J connectivity index is 0. The van der Waals surface area contributed by atoms with Crippen LogP contribution in [0.4, 0.5) is 4.39 Å². The SMILES string of the molecule is C=C.C=C=C.Fc1ccccc1. The second-order valence-corrected chi connectivity index (χ2v) is 1.55. The zero-order valence-corrected chi connectivity index (χ0v) is 7.09. The molecule has 0 radical (unpaired) electrons. The van der Waals surface area contributed by atoms with Gasteiger partial charge < -0.3 is 0 Å². The van der Waals surface area contributed by atoms with Gasteiger partial charge in [0.25, 0.3) is 0 Å². The summed E-state index contributed by atoms with van der Waals surface area (Å²) in [5.74, 6) is -0.178. The van der Waals surface area contributed by atoms with Crippen molar-refractivity contribution in [3.05, 3.63) is 68.2 Å². The normalized spacial score (nSPS) is 6.08. The molecule has 0 saturated carbocycles. The third-order valence-electron chi connectivity index (χ3n) is 0.733. The Morgan fingerprint density at radius 1 is 1.00 bits per heavy atom. The van der Waals surface area contributed by atoms with Crippen molar-refractivity contribution in [2.75, 3.05) is 0 Å². The standard InChI is InChI=1S/C6H5F.C3H4.C2H4/c7-6-4-2-1-3-5-6;1-3-2;1-2/h1-5H;1-2H2;1-2H2. The maximum absolute atomic E-state index is 11.9. The summed E-state index contributed by atoms with van der Waals surface area (Å²) >= 11 is 0. The van der Waals surface area contributed by atoms with Gasteiger partial charge in [0.1, 0.15) is 5.82 Å². The average Bonchev–Trinajstić information content (AvgIpc) is 2.11. The summed E-state index contributed by atoms with van der Waals surface area (Å²) in [7, 11) is 0. The fourth-order valence-corrected chi connectivity index (χ4v) is 0.415. The van der Waals surface area contributed by atoms with Crippen molar-refractivity contribution in [3.63, 3.8) is 0 Å². The molecule has 1 heteroatoms. The Morgan fingerprint density at radius 2 is 1.33 bits per heavy atom. The molecule has 1 aromatic carbocycles. The van der Waals surface area contributed by atoms with Crippen molar-refractivity contribution in [3.8, 4) is 0 Å². The lowest BCUT2D eigenvalue weighted by Gasteiger charge is -1.78. The molecular formula is C11H13F. The van der Waals surface area contributed by atoms with Gasteiger partial charge in [0.2, 0.25) is 0 Å². The van der Waals surface area contributed by atoms with Crippen molar-refractivity contribution in [2.45, 2.75) is 0 Å². The summed E-state index contributed by atoms with van der Waals surface area (Å²) < 4.78 is 11.9. The van der Waals surface area contributed by atoms with E-state index in [1.807, 2.05) is 0 Å². The molecule has 0 nitrogen and oxygen atoms in total. The van der Waals surface area contributed by atoms with E-state index in [4.69, 9.17) is 0 Å². The number of rotatable bonds is 0. The van der Waals surface area contributed by atoms with Crippen LogP contribution in [0.5, 0.6) is 0 Å². The highest BCUT2D eigenvalue weighted by atomic mass is 19.1. The Hall–Kier alpha value is -1.59. The smallest absolute Gasteiger partial charge is 0.123 e. The van der Waals surface area contributed by atoms with Crippen molar-refractivity contribution in [1.29, 1.82) is 0 Å². The summed E-state index contributed by atoms with van der Waals surface area (Å²) in [6.45, 7) is 12.2. The first-order chi connectivity index (χ1) is 5.81. The molecule has 12 heavy (non-hydrogen) atoms.